The molecule has 0 spiro atoms. The van der Waals surface area contributed by atoms with Gasteiger partial charge in [-0.1, -0.05) is 11.6 Å². The highest BCUT2D eigenvalue weighted by Gasteiger charge is 2.35. The van der Waals surface area contributed by atoms with Gasteiger partial charge in [-0.05, 0) is 6.07 Å². The minimum Gasteiger partial charge on any atom is -0.395 e. The van der Waals surface area contributed by atoms with E-state index in [4.69, 9.17) is 22.0 Å². The maximum absolute atomic E-state index is 12.6. The van der Waals surface area contributed by atoms with Crippen molar-refractivity contribution >= 4 is 17.4 Å². The molecule has 0 radical (unpaired) electrons. The predicted octanol–water partition coefficient (Wildman–Crippen LogP) is 2.03. The molecule has 92 valence electrons. The summed E-state index contributed by atoms with van der Waals surface area (Å²) in [6.45, 7) is -0.229. The maximum atomic E-state index is 12.6. The van der Waals surface area contributed by atoms with E-state index in [1.165, 1.54) is 6.07 Å². The third-order valence-electron chi connectivity index (χ3n) is 1.81. The number of nitriles is 1. The number of aliphatic hydroxyl groups excluding tert-OH is 1. The Morgan fingerprint density at radius 1 is 1.53 bits per heavy atom. The van der Waals surface area contributed by atoms with Crippen LogP contribution in [-0.4, -0.2) is 23.2 Å². The second kappa shape index (κ2) is 5.21. The Labute approximate surface area is 99.6 Å². The van der Waals surface area contributed by atoms with Crippen molar-refractivity contribution < 1.29 is 18.3 Å². The number of aliphatic hydroxyl groups is 1. The lowest BCUT2D eigenvalue weighted by atomic mass is 10.1. The van der Waals surface area contributed by atoms with E-state index in [0.29, 0.717) is 6.07 Å². The van der Waals surface area contributed by atoms with Gasteiger partial charge in [-0.2, -0.15) is 18.4 Å². The molecule has 0 aliphatic rings. The van der Waals surface area contributed by atoms with Crippen LogP contribution in [0.3, 0.4) is 0 Å². The molecule has 1 aromatic rings. The van der Waals surface area contributed by atoms with Crippen LogP contribution >= 0.6 is 11.6 Å². The molecular weight excluding hydrogens is 259 g/mol. The van der Waals surface area contributed by atoms with Gasteiger partial charge in [-0.15, -0.1) is 0 Å². The van der Waals surface area contributed by atoms with Crippen LogP contribution in [0, 0.1) is 11.3 Å². The Morgan fingerprint density at radius 3 is 2.65 bits per heavy atom. The van der Waals surface area contributed by atoms with Crippen LogP contribution in [0.1, 0.15) is 11.1 Å². The highest BCUT2D eigenvalue weighted by Crippen LogP contribution is 2.35. The Balaban J connectivity index is 3.26. The zero-order chi connectivity index (χ0) is 13.1. The molecular formula is C9H7ClF3N3O. The third-order valence-corrected chi connectivity index (χ3v) is 2.08. The molecule has 2 N–H and O–H groups in total. The fraction of sp³-hybridized carbons (Fsp3) is 0.333. The summed E-state index contributed by atoms with van der Waals surface area (Å²) in [6.07, 6.45) is -4.69. The average molecular weight is 266 g/mol. The number of pyridine rings is 1. The van der Waals surface area contributed by atoms with Crippen molar-refractivity contribution in [3.63, 3.8) is 0 Å². The molecule has 0 aromatic carbocycles. The number of nitrogens with zero attached hydrogens (tertiary/aromatic N) is 2. The molecule has 0 bridgehead atoms. The first-order valence-corrected chi connectivity index (χ1v) is 4.80. The van der Waals surface area contributed by atoms with Gasteiger partial charge in [-0.25, -0.2) is 4.98 Å². The van der Waals surface area contributed by atoms with Crippen molar-refractivity contribution in [1.29, 1.82) is 5.26 Å². The van der Waals surface area contributed by atoms with E-state index in [0.717, 1.165) is 0 Å². The van der Waals surface area contributed by atoms with E-state index >= 15 is 0 Å². The Kier molecular flexibility index (Phi) is 4.15. The molecule has 17 heavy (non-hydrogen) atoms. The van der Waals surface area contributed by atoms with Gasteiger partial charge in [0.15, 0.2) is 0 Å². The molecule has 1 aromatic heterocycles. The minimum atomic E-state index is -4.69. The second-order valence-corrected chi connectivity index (χ2v) is 3.34. The van der Waals surface area contributed by atoms with Gasteiger partial charge in [0.2, 0.25) is 0 Å². The lowest BCUT2D eigenvalue weighted by molar-refractivity contribution is -0.137. The Bertz CT molecular complexity index is 456. The number of aromatic nitrogens is 1. The van der Waals surface area contributed by atoms with Crippen molar-refractivity contribution in [1.82, 2.24) is 4.98 Å². The van der Waals surface area contributed by atoms with E-state index in [1.807, 2.05) is 0 Å². The molecule has 8 heteroatoms. The normalized spacial score (nSPS) is 11.1. The zero-order valence-electron chi connectivity index (χ0n) is 8.35. The standard InChI is InChI=1S/C9H7ClF3N3O/c10-8-5(4-14)6(9(11,12)13)3-7(16-8)15-1-2-17/h3,17H,1-2H2,(H,15,16). The largest absolute Gasteiger partial charge is 0.417 e. The van der Waals surface area contributed by atoms with Crippen molar-refractivity contribution in [3.05, 3.63) is 22.3 Å². The molecule has 0 atom stereocenters. The minimum absolute atomic E-state index is 0.0343. The van der Waals surface area contributed by atoms with Crippen LogP contribution in [0.5, 0.6) is 0 Å². The monoisotopic (exact) mass is 265 g/mol. The van der Waals surface area contributed by atoms with Crippen LogP contribution in [0.25, 0.3) is 0 Å². The van der Waals surface area contributed by atoms with Crippen LogP contribution in [0.15, 0.2) is 6.07 Å². The summed E-state index contributed by atoms with van der Waals surface area (Å²) in [5.41, 5.74) is -1.87. The van der Waals surface area contributed by atoms with E-state index in [-0.39, 0.29) is 19.0 Å². The number of hydrogen-bond donors (Lipinski definition) is 2. The van der Waals surface area contributed by atoms with Gasteiger partial charge >= 0.3 is 6.18 Å². The van der Waals surface area contributed by atoms with Gasteiger partial charge in [-0.3, -0.25) is 0 Å². The first-order valence-electron chi connectivity index (χ1n) is 4.42. The quantitative estimate of drug-likeness (QED) is 0.821. The number of halogens is 4. The molecule has 0 amide bonds. The first-order chi connectivity index (χ1) is 7.90. The molecule has 0 saturated carbocycles. The fourth-order valence-corrected chi connectivity index (χ4v) is 1.35. The van der Waals surface area contributed by atoms with E-state index in [1.54, 1.807) is 0 Å². The molecule has 0 unspecified atom stereocenters. The Hall–Kier alpha value is -1.52. The van der Waals surface area contributed by atoms with Gasteiger partial charge in [0.25, 0.3) is 0 Å². The zero-order valence-corrected chi connectivity index (χ0v) is 9.10. The Morgan fingerprint density at radius 2 is 2.18 bits per heavy atom. The molecule has 0 saturated heterocycles. The molecule has 1 rings (SSSR count). The second-order valence-electron chi connectivity index (χ2n) is 2.98. The SMILES string of the molecule is N#Cc1c(C(F)(F)F)cc(NCCO)nc1Cl. The van der Waals surface area contributed by atoms with Gasteiger partial charge in [0, 0.05) is 6.54 Å². The van der Waals surface area contributed by atoms with Crippen LogP contribution in [0.4, 0.5) is 19.0 Å². The number of alkyl halides is 3. The molecule has 0 aliphatic carbocycles. The van der Waals surface area contributed by atoms with Crippen molar-refractivity contribution in [2.75, 3.05) is 18.5 Å². The number of hydrogen-bond acceptors (Lipinski definition) is 4. The molecule has 4 nitrogen and oxygen atoms in total. The van der Waals surface area contributed by atoms with Gasteiger partial charge in [0.1, 0.15) is 22.6 Å². The highest BCUT2D eigenvalue weighted by atomic mass is 35.5. The summed E-state index contributed by atoms with van der Waals surface area (Å²) in [5, 5.41) is 19.0. The maximum Gasteiger partial charge on any atom is 0.417 e. The van der Waals surface area contributed by atoms with Gasteiger partial charge < -0.3 is 10.4 Å². The molecule has 0 aliphatic heterocycles. The highest BCUT2D eigenvalue weighted by molar-refractivity contribution is 6.30. The average Bonchev–Trinajstić information content (AvgIpc) is 2.24. The molecule has 0 fully saturated rings. The molecule has 1 heterocycles. The van der Waals surface area contributed by atoms with Crippen molar-refractivity contribution in [3.8, 4) is 6.07 Å². The summed E-state index contributed by atoms with van der Waals surface area (Å²) < 4.78 is 37.8. The summed E-state index contributed by atoms with van der Waals surface area (Å²) >= 11 is 5.48. The van der Waals surface area contributed by atoms with Crippen LogP contribution in [0.2, 0.25) is 5.15 Å². The van der Waals surface area contributed by atoms with E-state index in [2.05, 4.69) is 10.3 Å². The van der Waals surface area contributed by atoms with Crippen LogP contribution < -0.4 is 5.32 Å². The first kappa shape index (κ1) is 13.5. The van der Waals surface area contributed by atoms with E-state index in [9.17, 15) is 13.2 Å². The van der Waals surface area contributed by atoms with E-state index < -0.39 is 22.5 Å². The number of nitrogens with one attached hydrogen (secondary N) is 1. The fourth-order valence-electron chi connectivity index (χ4n) is 1.12. The smallest absolute Gasteiger partial charge is 0.395 e. The summed E-state index contributed by atoms with van der Waals surface area (Å²) in [7, 11) is 0. The lowest BCUT2D eigenvalue weighted by Gasteiger charge is -2.12. The van der Waals surface area contributed by atoms with Crippen molar-refractivity contribution in [2.45, 2.75) is 6.18 Å². The summed E-state index contributed by atoms with van der Waals surface area (Å²) in [5.74, 6) is -0.143. The number of anilines is 1. The van der Waals surface area contributed by atoms with Crippen LogP contribution in [-0.2, 0) is 6.18 Å². The summed E-state index contributed by atoms with van der Waals surface area (Å²) in [6, 6.07) is 2.04. The van der Waals surface area contributed by atoms with Crippen molar-refractivity contribution in [2.24, 2.45) is 0 Å². The predicted molar refractivity (Wildman–Crippen MR) is 54.5 cm³/mol. The topological polar surface area (TPSA) is 68.9 Å². The number of rotatable bonds is 3. The third kappa shape index (κ3) is 3.22. The summed E-state index contributed by atoms with van der Waals surface area (Å²) in [4.78, 5) is 3.58. The lowest BCUT2D eigenvalue weighted by Crippen LogP contribution is -2.13. The van der Waals surface area contributed by atoms with Gasteiger partial charge in [0.05, 0.1) is 12.2 Å².